The van der Waals surface area contributed by atoms with Gasteiger partial charge >= 0.3 is 0 Å². The Morgan fingerprint density at radius 3 is 3.11 bits per heavy atom. The number of phenols is 1. The highest BCUT2D eigenvalue weighted by Crippen LogP contribution is 2.26. The van der Waals surface area contributed by atoms with Crippen LogP contribution in [0.15, 0.2) is 22.7 Å². The Labute approximate surface area is 115 Å². The molecule has 1 aliphatic heterocycles. The summed E-state index contributed by atoms with van der Waals surface area (Å²) in [5.41, 5.74) is 0.368. The van der Waals surface area contributed by atoms with Crippen LogP contribution in [0.1, 0.15) is 23.2 Å². The summed E-state index contributed by atoms with van der Waals surface area (Å²) in [6.07, 6.45) is 2.04. The predicted octanol–water partition coefficient (Wildman–Crippen LogP) is 1.98. The van der Waals surface area contributed by atoms with E-state index in [2.05, 4.69) is 21.2 Å². The van der Waals surface area contributed by atoms with E-state index in [0.717, 1.165) is 30.4 Å². The number of likely N-dealkylation sites (N-methyl/N-ethyl adjacent to an activating group) is 1. The van der Waals surface area contributed by atoms with Crippen molar-refractivity contribution in [1.29, 1.82) is 0 Å². The molecule has 1 aromatic rings. The Balaban J connectivity index is 2.22. The first-order valence-corrected chi connectivity index (χ1v) is 6.87. The van der Waals surface area contributed by atoms with Gasteiger partial charge < -0.3 is 15.3 Å². The second-order valence-electron chi connectivity index (χ2n) is 4.51. The van der Waals surface area contributed by atoms with E-state index < -0.39 is 0 Å². The minimum absolute atomic E-state index is 0.0401. The molecular formula is C13H17BrN2O2. The van der Waals surface area contributed by atoms with Crippen LogP contribution in [0.4, 0.5) is 0 Å². The molecule has 18 heavy (non-hydrogen) atoms. The zero-order valence-corrected chi connectivity index (χ0v) is 11.9. The summed E-state index contributed by atoms with van der Waals surface area (Å²) in [6, 6.07) is 5.16. The number of likely N-dealkylation sites (tertiary alicyclic amines) is 1. The Bertz CT molecular complexity index is 451. The Kier molecular flexibility index (Phi) is 4.24. The fourth-order valence-electron chi connectivity index (χ4n) is 2.39. The number of amides is 1. The van der Waals surface area contributed by atoms with Crippen LogP contribution in [0.25, 0.3) is 0 Å². The van der Waals surface area contributed by atoms with Gasteiger partial charge in [-0.2, -0.15) is 0 Å². The summed E-state index contributed by atoms with van der Waals surface area (Å²) in [6.45, 7) is 1.55. The zero-order chi connectivity index (χ0) is 13.1. The third-order valence-corrected chi connectivity index (χ3v) is 3.76. The van der Waals surface area contributed by atoms with Crippen molar-refractivity contribution in [1.82, 2.24) is 10.2 Å². The van der Waals surface area contributed by atoms with Gasteiger partial charge in [-0.25, -0.2) is 0 Å². The average Bonchev–Trinajstić information content (AvgIpc) is 2.80. The number of benzene rings is 1. The maximum absolute atomic E-state index is 12.4. The van der Waals surface area contributed by atoms with E-state index in [1.54, 1.807) is 18.2 Å². The molecule has 0 bridgehead atoms. The van der Waals surface area contributed by atoms with E-state index >= 15 is 0 Å². The van der Waals surface area contributed by atoms with Crippen molar-refractivity contribution in [3.05, 3.63) is 28.2 Å². The van der Waals surface area contributed by atoms with E-state index in [9.17, 15) is 9.90 Å². The molecule has 1 unspecified atom stereocenters. The number of hydrogen-bond donors (Lipinski definition) is 2. The van der Waals surface area contributed by atoms with Gasteiger partial charge in [-0.1, -0.05) is 15.9 Å². The molecule has 1 aromatic carbocycles. The van der Waals surface area contributed by atoms with Crippen LogP contribution in [0.2, 0.25) is 0 Å². The molecule has 1 heterocycles. The average molecular weight is 313 g/mol. The summed E-state index contributed by atoms with van der Waals surface area (Å²) in [5.74, 6) is -0.0511. The van der Waals surface area contributed by atoms with Gasteiger partial charge in [0.2, 0.25) is 0 Å². The van der Waals surface area contributed by atoms with Gasteiger partial charge in [-0.3, -0.25) is 4.79 Å². The Morgan fingerprint density at radius 2 is 2.39 bits per heavy atom. The van der Waals surface area contributed by atoms with E-state index in [1.807, 2.05) is 11.9 Å². The number of phenolic OH excluding ortho intramolecular Hbond substituents is 1. The lowest BCUT2D eigenvalue weighted by molar-refractivity contribution is 0.0734. The van der Waals surface area contributed by atoms with Gasteiger partial charge in [0.05, 0.1) is 5.56 Å². The quantitative estimate of drug-likeness (QED) is 0.897. The second-order valence-corrected chi connectivity index (χ2v) is 5.43. The van der Waals surface area contributed by atoms with Crippen molar-refractivity contribution >= 4 is 21.8 Å². The monoisotopic (exact) mass is 312 g/mol. The molecule has 0 radical (unpaired) electrons. The number of carbonyl (C=O) groups is 1. The van der Waals surface area contributed by atoms with Crippen LogP contribution in [0, 0.1) is 0 Å². The number of nitrogens with one attached hydrogen (secondary N) is 1. The highest BCUT2D eigenvalue weighted by molar-refractivity contribution is 9.10. The van der Waals surface area contributed by atoms with Crippen molar-refractivity contribution in [2.75, 3.05) is 20.1 Å². The number of aromatic hydroxyl groups is 1. The highest BCUT2D eigenvalue weighted by atomic mass is 79.9. The van der Waals surface area contributed by atoms with Crippen LogP contribution in [0.5, 0.6) is 5.75 Å². The number of halogens is 1. The van der Waals surface area contributed by atoms with E-state index in [4.69, 9.17) is 0 Å². The van der Waals surface area contributed by atoms with Gasteiger partial charge in [0, 0.05) is 23.6 Å². The molecule has 4 nitrogen and oxygen atoms in total. The number of nitrogens with zero attached hydrogens (tertiary/aromatic N) is 1. The van der Waals surface area contributed by atoms with Crippen molar-refractivity contribution in [2.24, 2.45) is 0 Å². The van der Waals surface area contributed by atoms with E-state index in [0.29, 0.717) is 5.56 Å². The van der Waals surface area contributed by atoms with E-state index in [-0.39, 0.29) is 17.7 Å². The van der Waals surface area contributed by atoms with Crippen molar-refractivity contribution < 1.29 is 9.90 Å². The molecule has 1 saturated heterocycles. The van der Waals surface area contributed by atoms with Crippen LogP contribution in [-0.4, -0.2) is 42.1 Å². The van der Waals surface area contributed by atoms with Gasteiger partial charge in [0.15, 0.2) is 0 Å². The normalized spacial score (nSPS) is 19.2. The fourth-order valence-corrected chi connectivity index (χ4v) is 2.75. The molecule has 0 spiro atoms. The number of carbonyl (C=O) groups excluding carboxylic acids is 1. The lowest BCUT2D eigenvalue weighted by atomic mass is 10.1. The van der Waals surface area contributed by atoms with Crippen LogP contribution >= 0.6 is 15.9 Å². The second kappa shape index (κ2) is 5.71. The molecule has 98 valence electrons. The van der Waals surface area contributed by atoms with Gasteiger partial charge in [0.1, 0.15) is 5.75 Å². The Hall–Kier alpha value is -1.07. The SMILES string of the molecule is CNCC1CCCN1C(=O)c1cc(Br)ccc1O. The lowest BCUT2D eigenvalue weighted by Gasteiger charge is -2.25. The molecule has 0 saturated carbocycles. The summed E-state index contributed by atoms with van der Waals surface area (Å²) in [5, 5.41) is 12.9. The molecule has 1 amide bonds. The third kappa shape index (κ3) is 2.67. The molecule has 5 heteroatoms. The molecule has 2 rings (SSSR count). The minimum atomic E-state index is -0.0912. The molecule has 0 aromatic heterocycles. The molecule has 0 aliphatic carbocycles. The fraction of sp³-hybridized carbons (Fsp3) is 0.462. The molecule has 1 atom stereocenters. The molecule has 1 aliphatic rings. The van der Waals surface area contributed by atoms with E-state index in [1.165, 1.54) is 0 Å². The molecular weight excluding hydrogens is 296 g/mol. The maximum atomic E-state index is 12.4. The van der Waals surface area contributed by atoms with Gasteiger partial charge in [-0.05, 0) is 38.1 Å². The van der Waals surface area contributed by atoms with Crippen molar-refractivity contribution in [3.63, 3.8) is 0 Å². The maximum Gasteiger partial charge on any atom is 0.257 e. The summed E-state index contributed by atoms with van der Waals surface area (Å²) >= 11 is 3.32. The Morgan fingerprint density at radius 1 is 1.61 bits per heavy atom. The minimum Gasteiger partial charge on any atom is -0.507 e. The lowest BCUT2D eigenvalue weighted by Crippen LogP contribution is -2.40. The van der Waals surface area contributed by atoms with Crippen LogP contribution in [-0.2, 0) is 0 Å². The first-order valence-electron chi connectivity index (χ1n) is 6.07. The first kappa shape index (κ1) is 13.4. The molecule has 2 N–H and O–H groups in total. The summed E-state index contributed by atoms with van der Waals surface area (Å²) in [4.78, 5) is 14.3. The van der Waals surface area contributed by atoms with Gasteiger partial charge in [-0.15, -0.1) is 0 Å². The number of rotatable bonds is 3. The third-order valence-electron chi connectivity index (χ3n) is 3.27. The van der Waals surface area contributed by atoms with Crippen molar-refractivity contribution in [2.45, 2.75) is 18.9 Å². The largest absolute Gasteiger partial charge is 0.507 e. The highest BCUT2D eigenvalue weighted by Gasteiger charge is 2.30. The topological polar surface area (TPSA) is 52.6 Å². The summed E-state index contributed by atoms with van der Waals surface area (Å²) in [7, 11) is 1.89. The first-order chi connectivity index (χ1) is 8.63. The smallest absolute Gasteiger partial charge is 0.257 e. The van der Waals surface area contributed by atoms with Crippen LogP contribution < -0.4 is 5.32 Å². The number of hydrogen-bond acceptors (Lipinski definition) is 3. The van der Waals surface area contributed by atoms with Gasteiger partial charge in [0.25, 0.3) is 5.91 Å². The van der Waals surface area contributed by atoms with Crippen LogP contribution in [0.3, 0.4) is 0 Å². The van der Waals surface area contributed by atoms with Crippen molar-refractivity contribution in [3.8, 4) is 5.75 Å². The summed E-state index contributed by atoms with van der Waals surface area (Å²) < 4.78 is 0.799. The zero-order valence-electron chi connectivity index (χ0n) is 10.3. The standard InChI is InChI=1S/C13H17BrN2O2/c1-15-8-10-3-2-6-16(10)13(18)11-7-9(14)4-5-12(11)17/h4-5,7,10,15,17H,2-3,6,8H2,1H3. The molecule has 1 fully saturated rings. The predicted molar refractivity (Wildman–Crippen MR) is 73.8 cm³/mol.